The van der Waals surface area contributed by atoms with Gasteiger partial charge in [-0.05, 0) is 47.4 Å². The Morgan fingerprint density at radius 1 is 1.20 bits per heavy atom. The predicted octanol–water partition coefficient (Wildman–Crippen LogP) is 5.83. The summed E-state index contributed by atoms with van der Waals surface area (Å²) in [5, 5.41) is 5.50. The molecule has 4 rings (SSSR count). The second-order valence-corrected chi connectivity index (χ2v) is 9.29. The van der Waals surface area contributed by atoms with E-state index < -0.39 is 0 Å². The number of rotatable bonds is 7. The molecule has 0 bridgehead atoms. The number of carbonyl (C=O) groups is 1. The van der Waals surface area contributed by atoms with Crippen LogP contribution in [0.5, 0.6) is 0 Å². The molecule has 0 saturated carbocycles. The molecule has 1 fully saturated rings. The molecule has 156 valence electrons. The highest BCUT2D eigenvalue weighted by atomic mass is 35.5. The minimum Gasteiger partial charge on any atom is -0.330 e. The summed E-state index contributed by atoms with van der Waals surface area (Å²) in [5.74, 6) is 1.30. The van der Waals surface area contributed by atoms with Crippen LogP contribution in [0.1, 0.15) is 31.7 Å². The lowest BCUT2D eigenvalue weighted by atomic mass is 10.1. The summed E-state index contributed by atoms with van der Waals surface area (Å²) in [4.78, 5) is 14.5. The zero-order chi connectivity index (χ0) is 20.9. The lowest BCUT2D eigenvalue weighted by Gasteiger charge is -2.23. The average Bonchev–Trinajstić information content (AvgIpc) is 3.42. The van der Waals surface area contributed by atoms with Crippen LogP contribution in [0.4, 0.5) is 0 Å². The van der Waals surface area contributed by atoms with Gasteiger partial charge in [-0.15, -0.1) is 11.8 Å². The van der Waals surface area contributed by atoms with Gasteiger partial charge < -0.3 is 4.90 Å². The maximum atomic E-state index is 12.5. The highest BCUT2D eigenvalue weighted by Crippen LogP contribution is 2.28. The van der Waals surface area contributed by atoms with Gasteiger partial charge in [0.05, 0.1) is 17.3 Å². The Kier molecular flexibility index (Phi) is 6.80. The Bertz CT molecular complexity index is 1000. The highest BCUT2D eigenvalue weighted by molar-refractivity contribution is 8.00. The monoisotopic (exact) mass is 439 g/mol. The standard InChI is InChI=1S/C24H26ClN3OS/c1-2-3-7-23(29)27-12-13-30-24(27)14-18-16-26-28(17-18)22-10-8-19(9-11-22)20-5-4-6-21(25)15-20/h4-6,8-11,15-17,24H,2-3,7,12-14H2,1H3. The third-order valence-corrected chi connectivity index (χ3v) is 6.85. The minimum atomic E-state index is 0.220. The number of hydrogen-bond acceptors (Lipinski definition) is 3. The Morgan fingerprint density at radius 2 is 2.03 bits per heavy atom. The molecular formula is C24H26ClN3OS. The molecule has 1 saturated heterocycles. The SMILES string of the molecule is CCCCC(=O)N1CCSC1Cc1cnn(-c2ccc(-c3cccc(Cl)c3)cc2)c1. The number of benzene rings is 2. The van der Waals surface area contributed by atoms with Crippen LogP contribution >= 0.6 is 23.4 Å². The van der Waals surface area contributed by atoms with Crippen LogP contribution in [0.25, 0.3) is 16.8 Å². The van der Waals surface area contributed by atoms with E-state index in [4.69, 9.17) is 11.6 Å². The van der Waals surface area contributed by atoms with Gasteiger partial charge in [0.1, 0.15) is 0 Å². The molecule has 6 heteroatoms. The fraction of sp³-hybridized carbons (Fsp3) is 0.333. The predicted molar refractivity (Wildman–Crippen MR) is 125 cm³/mol. The third-order valence-electron chi connectivity index (χ3n) is 5.39. The van der Waals surface area contributed by atoms with E-state index in [2.05, 4.69) is 53.5 Å². The first-order chi connectivity index (χ1) is 14.6. The minimum absolute atomic E-state index is 0.220. The number of amides is 1. The zero-order valence-corrected chi connectivity index (χ0v) is 18.7. The van der Waals surface area contributed by atoms with Crippen LogP contribution in [0.2, 0.25) is 5.02 Å². The first-order valence-electron chi connectivity index (χ1n) is 10.4. The molecule has 1 aliphatic rings. The Morgan fingerprint density at radius 3 is 2.80 bits per heavy atom. The molecule has 1 unspecified atom stereocenters. The van der Waals surface area contributed by atoms with Crippen molar-refractivity contribution in [2.24, 2.45) is 0 Å². The van der Waals surface area contributed by atoms with Gasteiger partial charge in [0, 0.05) is 36.4 Å². The average molecular weight is 440 g/mol. The van der Waals surface area contributed by atoms with Crippen molar-refractivity contribution in [2.75, 3.05) is 12.3 Å². The van der Waals surface area contributed by atoms with Crippen molar-refractivity contribution in [1.82, 2.24) is 14.7 Å². The Balaban J connectivity index is 1.43. The van der Waals surface area contributed by atoms with E-state index in [0.29, 0.717) is 6.42 Å². The first kappa shape index (κ1) is 21.0. The number of hydrogen-bond donors (Lipinski definition) is 0. The maximum Gasteiger partial charge on any atom is 0.223 e. The van der Waals surface area contributed by atoms with Gasteiger partial charge in [0.15, 0.2) is 0 Å². The van der Waals surface area contributed by atoms with Crippen molar-refractivity contribution < 1.29 is 4.79 Å². The Labute approximate surface area is 187 Å². The molecule has 0 N–H and O–H groups in total. The number of carbonyl (C=O) groups excluding carboxylic acids is 1. The van der Waals surface area contributed by atoms with E-state index >= 15 is 0 Å². The molecule has 0 spiro atoms. The van der Waals surface area contributed by atoms with Gasteiger partial charge in [-0.25, -0.2) is 4.68 Å². The van der Waals surface area contributed by atoms with Crippen molar-refractivity contribution in [2.45, 2.75) is 38.0 Å². The normalized spacial score (nSPS) is 16.2. The number of aromatic nitrogens is 2. The van der Waals surface area contributed by atoms with E-state index in [1.807, 2.05) is 40.8 Å². The molecule has 0 aliphatic carbocycles. The van der Waals surface area contributed by atoms with E-state index in [1.165, 1.54) is 0 Å². The topological polar surface area (TPSA) is 38.1 Å². The fourth-order valence-corrected chi connectivity index (χ4v) is 5.21. The molecule has 30 heavy (non-hydrogen) atoms. The molecule has 1 atom stereocenters. The van der Waals surface area contributed by atoms with Crippen molar-refractivity contribution in [3.63, 3.8) is 0 Å². The maximum absolute atomic E-state index is 12.5. The fourth-order valence-electron chi connectivity index (χ4n) is 3.73. The smallest absolute Gasteiger partial charge is 0.223 e. The number of thioether (sulfide) groups is 1. The van der Waals surface area contributed by atoms with E-state index in [-0.39, 0.29) is 11.3 Å². The van der Waals surface area contributed by atoms with E-state index in [1.54, 1.807) is 0 Å². The van der Waals surface area contributed by atoms with Crippen molar-refractivity contribution >= 4 is 29.3 Å². The summed E-state index contributed by atoms with van der Waals surface area (Å²) in [6.07, 6.45) is 7.51. The van der Waals surface area contributed by atoms with Crippen molar-refractivity contribution in [3.05, 3.63) is 71.5 Å². The van der Waals surface area contributed by atoms with Gasteiger partial charge in [-0.2, -0.15) is 5.10 Å². The summed E-state index contributed by atoms with van der Waals surface area (Å²) < 4.78 is 1.90. The summed E-state index contributed by atoms with van der Waals surface area (Å²) in [6, 6.07) is 16.2. The molecule has 0 radical (unpaired) electrons. The molecule has 1 aliphatic heterocycles. The number of halogens is 1. The number of unbranched alkanes of at least 4 members (excludes halogenated alkanes) is 1. The molecule has 1 amide bonds. The molecule has 2 aromatic carbocycles. The summed E-state index contributed by atoms with van der Waals surface area (Å²) in [7, 11) is 0. The summed E-state index contributed by atoms with van der Waals surface area (Å²) in [6.45, 7) is 2.98. The van der Waals surface area contributed by atoms with Crippen molar-refractivity contribution in [3.8, 4) is 16.8 Å². The molecule has 1 aromatic heterocycles. The van der Waals surface area contributed by atoms with E-state index in [0.717, 1.165) is 59.0 Å². The lowest BCUT2D eigenvalue weighted by molar-refractivity contribution is -0.131. The summed E-state index contributed by atoms with van der Waals surface area (Å²) >= 11 is 7.98. The van der Waals surface area contributed by atoms with Crippen LogP contribution in [-0.4, -0.2) is 38.3 Å². The second-order valence-electron chi connectivity index (χ2n) is 7.57. The largest absolute Gasteiger partial charge is 0.330 e. The number of nitrogens with zero attached hydrogens (tertiary/aromatic N) is 3. The molecule has 2 heterocycles. The van der Waals surface area contributed by atoms with Gasteiger partial charge in [-0.1, -0.05) is 49.2 Å². The van der Waals surface area contributed by atoms with Gasteiger partial charge >= 0.3 is 0 Å². The highest BCUT2D eigenvalue weighted by Gasteiger charge is 2.29. The van der Waals surface area contributed by atoms with Crippen LogP contribution < -0.4 is 0 Å². The van der Waals surface area contributed by atoms with Gasteiger partial charge in [-0.3, -0.25) is 4.79 Å². The van der Waals surface area contributed by atoms with Crippen LogP contribution in [-0.2, 0) is 11.2 Å². The van der Waals surface area contributed by atoms with Crippen LogP contribution in [0.15, 0.2) is 60.9 Å². The third kappa shape index (κ3) is 4.90. The molecular weight excluding hydrogens is 414 g/mol. The Hall–Kier alpha value is -2.24. The molecule has 4 nitrogen and oxygen atoms in total. The summed E-state index contributed by atoms with van der Waals surface area (Å²) in [5.41, 5.74) is 4.39. The second kappa shape index (κ2) is 9.71. The van der Waals surface area contributed by atoms with Crippen molar-refractivity contribution in [1.29, 1.82) is 0 Å². The van der Waals surface area contributed by atoms with Gasteiger partial charge in [0.25, 0.3) is 0 Å². The molecule has 3 aromatic rings. The van der Waals surface area contributed by atoms with E-state index in [9.17, 15) is 4.79 Å². The van der Waals surface area contributed by atoms with Crippen LogP contribution in [0, 0.1) is 0 Å². The quantitative estimate of drug-likeness (QED) is 0.465. The van der Waals surface area contributed by atoms with Gasteiger partial charge in [0.2, 0.25) is 5.91 Å². The zero-order valence-electron chi connectivity index (χ0n) is 17.1. The lowest BCUT2D eigenvalue weighted by Crippen LogP contribution is -2.35. The first-order valence-corrected chi connectivity index (χ1v) is 11.9. The van der Waals surface area contributed by atoms with Crippen LogP contribution in [0.3, 0.4) is 0 Å².